The summed E-state index contributed by atoms with van der Waals surface area (Å²) in [5.74, 6) is 0.611. The molecule has 2 heteroatoms. The third-order valence-corrected chi connectivity index (χ3v) is 3.69. The first-order valence-corrected chi connectivity index (χ1v) is 6.25. The Hall–Kier alpha value is -1.31. The molecule has 1 aliphatic rings. The van der Waals surface area contributed by atoms with Gasteiger partial charge in [-0.2, -0.15) is 0 Å². The van der Waals surface area contributed by atoms with E-state index < -0.39 is 0 Å². The molecular weight excluding hydrogens is 196 g/mol. The summed E-state index contributed by atoms with van der Waals surface area (Å²) >= 11 is 0. The lowest BCUT2D eigenvalue weighted by atomic mass is 9.84. The Morgan fingerprint density at radius 1 is 1.19 bits per heavy atom. The molecule has 0 atom stereocenters. The molecular formula is C14H18N2. The van der Waals surface area contributed by atoms with Crippen LogP contribution in [0.25, 0.3) is 11.0 Å². The van der Waals surface area contributed by atoms with E-state index in [1.807, 2.05) is 6.33 Å². The molecule has 0 bridgehead atoms. The second kappa shape index (κ2) is 3.62. The molecule has 1 aromatic carbocycles. The molecule has 0 saturated carbocycles. The van der Waals surface area contributed by atoms with E-state index in [0.29, 0.717) is 5.92 Å². The summed E-state index contributed by atoms with van der Waals surface area (Å²) in [6.45, 7) is 4.57. The predicted molar refractivity (Wildman–Crippen MR) is 66.8 cm³/mol. The van der Waals surface area contributed by atoms with Crippen LogP contribution in [-0.2, 0) is 12.8 Å². The van der Waals surface area contributed by atoms with E-state index in [2.05, 4.69) is 29.9 Å². The predicted octanol–water partition coefficient (Wildman–Crippen LogP) is 3.57. The van der Waals surface area contributed by atoms with Gasteiger partial charge in [0.2, 0.25) is 0 Å². The van der Waals surface area contributed by atoms with Gasteiger partial charge in [0.05, 0.1) is 17.4 Å². The molecule has 1 N–H and O–H groups in total. The third kappa shape index (κ3) is 1.36. The van der Waals surface area contributed by atoms with Crippen molar-refractivity contribution in [3.8, 4) is 0 Å². The van der Waals surface area contributed by atoms with E-state index in [4.69, 9.17) is 0 Å². The van der Waals surface area contributed by atoms with Gasteiger partial charge in [-0.3, -0.25) is 0 Å². The minimum atomic E-state index is 0.611. The Morgan fingerprint density at radius 3 is 2.69 bits per heavy atom. The highest BCUT2D eigenvalue weighted by molar-refractivity contribution is 5.81. The van der Waals surface area contributed by atoms with Crippen molar-refractivity contribution in [1.82, 2.24) is 9.97 Å². The fourth-order valence-corrected chi connectivity index (χ4v) is 2.90. The highest BCUT2D eigenvalue weighted by Crippen LogP contribution is 2.33. The highest BCUT2D eigenvalue weighted by atomic mass is 14.9. The molecule has 1 aromatic heterocycles. The van der Waals surface area contributed by atoms with Gasteiger partial charge in [-0.1, -0.05) is 13.8 Å². The van der Waals surface area contributed by atoms with Gasteiger partial charge in [0.15, 0.2) is 0 Å². The maximum Gasteiger partial charge on any atom is 0.0931 e. The van der Waals surface area contributed by atoms with Crippen LogP contribution in [-0.4, -0.2) is 9.97 Å². The third-order valence-electron chi connectivity index (χ3n) is 3.69. The topological polar surface area (TPSA) is 28.7 Å². The van der Waals surface area contributed by atoms with Crippen LogP contribution in [0.5, 0.6) is 0 Å². The Labute approximate surface area is 96.1 Å². The smallest absolute Gasteiger partial charge is 0.0931 e. The Morgan fingerprint density at radius 2 is 1.94 bits per heavy atom. The summed E-state index contributed by atoms with van der Waals surface area (Å²) in [6.07, 6.45) is 6.92. The number of hydrogen-bond donors (Lipinski definition) is 1. The minimum absolute atomic E-state index is 0.611. The van der Waals surface area contributed by atoms with Gasteiger partial charge in [0.25, 0.3) is 0 Å². The fraction of sp³-hybridized carbons (Fsp3) is 0.500. The minimum Gasteiger partial charge on any atom is -0.345 e. The van der Waals surface area contributed by atoms with Gasteiger partial charge >= 0.3 is 0 Å². The van der Waals surface area contributed by atoms with E-state index >= 15 is 0 Å². The lowest BCUT2D eigenvalue weighted by Crippen LogP contribution is -2.08. The van der Waals surface area contributed by atoms with Crippen molar-refractivity contribution < 1.29 is 0 Å². The number of aromatic amines is 1. The van der Waals surface area contributed by atoms with Crippen molar-refractivity contribution in [3.63, 3.8) is 0 Å². The number of hydrogen-bond acceptors (Lipinski definition) is 1. The van der Waals surface area contributed by atoms with Crippen LogP contribution >= 0.6 is 0 Å². The quantitative estimate of drug-likeness (QED) is 0.772. The summed E-state index contributed by atoms with van der Waals surface area (Å²) in [7, 11) is 0. The van der Waals surface area contributed by atoms with Crippen LogP contribution in [0.4, 0.5) is 0 Å². The monoisotopic (exact) mass is 214 g/mol. The van der Waals surface area contributed by atoms with Crippen molar-refractivity contribution in [2.75, 3.05) is 0 Å². The molecule has 0 unspecified atom stereocenters. The normalized spacial score (nSPS) is 15.7. The second-order valence-electron chi connectivity index (χ2n) is 5.08. The van der Waals surface area contributed by atoms with Crippen LogP contribution in [0.3, 0.4) is 0 Å². The summed E-state index contributed by atoms with van der Waals surface area (Å²) < 4.78 is 0. The maximum absolute atomic E-state index is 4.48. The van der Waals surface area contributed by atoms with Gasteiger partial charge in [0.1, 0.15) is 0 Å². The van der Waals surface area contributed by atoms with Gasteiger partial charge in [-0.05, 0) is 54.4 Å². The largest absolute Gasteiger partial charge is 0.345 e. The molecule has 0 saturated heterocycles. The van der Waals surface area contributed by atoms with Crippen LogP contribution in [0.15, 0.2) is 12.4 Å². The van der Waals surface area contributed by atoms with Gasteiger partial charge in [-0.25, -0.2) is 4.98 Å². The van der Waals surface area contributed by atoms with E-state index in [-0.39, 0.29) is 0 Å². The maximum atomic E-state index is 4.48. The van der Waals surface area contributed by atoms with E-state index in [1.54, 1.807) is 5.56 Å². The van der Waals surface area contributed by atoms with Crippen LogP contribution in [0, 0.1) is 0 Å². The molecule has 0 fully saturated rings. The number of H-pyrrole nitrogens is 1. The lowest BCUT2D eigenvalue weighted by Gasteiger charge is -2.21. The van der Waals surface area contributed by atoms with Crippen molar-refractivity contribution in [2.24, 2.45) is 0 Å². The van der Waals surface area contributed by atoms with Gasteiger partial charge in [-0.15, -0.1) is 0 Å². The summed E-state index contributed by atoms with van der Waals surface area (Å²) in [5, 5.41) is 0. The van der Waals surface area contributed by atoms with Crippen molar-refractivity contribution in [1.29, 1.82) is 0 Å². The Kier molecular flexibility index (Phi) is 2.23. The standard InChI is InChI=1S/C14H18N2/c1-9(2)12-7-13-14(16-8-15-13)11-6-4-3-5-10(11)12/h7-9H,3-6H2,1-2H3,(H,15,16). The zero-order chi connectivity index (χ0) is 11.1. The first-order chi connectivity index (χ1) is 7.77. The number of fused-ring (bicyclic) bond motifs is 3. The second-order valence-corrected chi connectivity index (χ2v) is 5.08. The number of aryl methyl sites for hydroxylation is 1. The number of rotatable bonds is 1. The molecule has 2 nitrogen and oxygen atoms in total. The summed E-state index contributed by atoms with van der Waals surface area (Å²) in [4.78, 5) is 7.73. The molecule has 1 heterocycles. The average molecular weight is 214 g/mol. The van der Waals surface area contributed by atoms with E-state index in [0.717, 1.165) is 0 Å². The fourth-order valence-electron chi connectivity index (χ4n) is 2.90. The molecule has 0 aliphatic heterocycles. The molecule has 3 rings (SSSR count). The molecule has 0 amide bonds. The van der Waals surface area contributed by atoms with Crippen LogP contribution in [0.1, 0.15) is 49.3 Å². The van der Waals surface area contributed by atoms with Crippen LogP contribution in [0.2, 0.25) is 0 Å². The van der Waals surface area contributed by atoms with Gasteiger partial charge in [0, 0.05) is 0 Å². The van der Waals surface area contributed by atoms with E-state index in [9.17, 15) is 0 Å². The van der Waals surface area contributed by atoms with E-state index in [1.165, 1.54) is 47.8 Å². The average Bonchev–Trinajstić information content (AvgIpc) is 2.75. The molecule has 16 heavy (non-hydrogen) atoms. The molecule has 0 spiro atoms. The Bertz CT molecular complexity index is 523. The number of imidazole rings is 1. The molecule has 0 radical (unpaired) electrons. The molecule has 2 aromatic rings. The van der Waals surface area contributed by atoms with Crippen LogP contribution < -0.4 is 0 Å². The van der Waals surface area contributed by atoms with Crippen molar-refractivity contribution in [2.45, 2.75) is 45.4 Å². The zero-order valence-corrected chi connectivity index (χ0v) is 10.0. The highest BCUT2D eigenvalue weighted by Gasteiger charge is 2.19. The molecule has 84 valence electrons. The summed E-state index contributed by atoms with van der Waals surface area (Å²) in [5.41, 5.74) is 7.03. The van der Waals surface area contributed by atoms with Gasteiger partial charge < -0.3 is 4.98 Å². The first-order valence-electron chi connectivity index (χ1n) is 6.25. The number of benzene rings is 1. The molecule has 1 aliphatic carbocycles. The van der Waals surface area contributed by atoms with Crippen molar-refractivity contribution >= 4 is 11.0 Å². The Balaban J connectivity index is 2.33. The summed E-state index contributed by atoms with van der Waals surface area (Å²) in [6, 6.07) is 2.30. The van der Waals surface area contributed by atoms with Crippen molar-refractivity contribution in [3.05, 3.63) is 29.1 Å². The number of aromatic nitrogens is 2. The number of nitrogens with one attached hydrogen (secondary N) is 1. The SMILES string of the molecule is CC(C)c1cc2[nH]cnc2c2c1CCCC2. The lowest BCUT2D eigenvalue weighted by molar-refractivity contribution is 0.674. The first kappa shape index (κ1) is 9.88. The zero-order valence-electron chi connectivity index (χ0n) is 10.0. The number of nitrogens with zero attached hydrogens (tertiary/aromatic N) is 1.